The van der Waals surface area contributed by atoms with Gasteiger partial charge in [-0.15, -0.1) is 0 Å². The summed E-state index contributed by atoms with van der Waals surface area (Å²) in [5.41, 5.74) is 0.659. The predicted molar refractivity (Wildman–Crippen MR) is 116 cm³/mol. The Bertz CT molecular complexity index is 1080. The van der Waals surface area contributed by atoms with Crippen LogP contribution < -0.4 is 14.4 Å². The average Bonchev–Trinajstić information content (AvgIpc) is 3.46. The number of carbonyl (C=O) groups is 1. The number of anilines is 1. The molecule has 0 spiro atoms. The van der Waals surface area contributed by atoms with Gasteiger partial charge in [0.1, 0.15) is 21.7 Å². The van der Waals surface area contributed by atoms with E-state index in [0.717, 1.165) is 17.5 Å². The number of nitro groups is 1. The molecule has 1 unspecified atom stereocenters. The van der Waals surface area contributed by atoms with Crippen LogP contribution in [0.3, 0.4) is 0 Å². The number of amides is 1. The van der Waals surface area contributed by atoms with Crippen molar-refractivity contribution in [2.24, 2.45) is 0 Å². The van der Waals surface area contributed by atoms with Crippen molar-refractivity contribution in [1.29, 1.82) is 0 Å². The van der Waals surface area contributed by atoms with E-state index in [4.69, 9.17) is 14.2 Å². The number of aromatic nitrogens is 1. The lowest BCUT2D eigenvalue weighted by atomic mass is 10.1. The Morgan fingerprint density at radius 2 is 2.06 bits per heavy atom. The summed E-state index contributed by atoms with van der Waals surface area (Å²) in [6.07, 6.45) is 1.62. The molecule has 1 fully saturated rings. The Labute approximate surface area is 182 Å². The molecule has 1 saturated heterocycles. The Morgan fingerprint density at radius 1 is 1.29 bits per heavy atom. The fourth-order valence-corrected chi connectivity index (χ4v) is 4.62. The van der Waals surface area contributed by atoms with Crippen molar-refractivity contribution >= 4 is 38.3 Å². The van der Waals surface area contributed by atoms with Gasteiger partial charge in [-0.3, -0.25) is 19.8 Å². The summed E-state index contributed by atoms with van der Waals surface area (Å²) < 4.78 is 17.4. The maximum absolute atomic E-state index is 13.4. The molecule has 2 aromatic carbocycles. The van der Waals surface area contributed by atoms with Gasteiger partial charge in [0.05, 0.1) is 31.8 Å². The highest BCUT2D eigenvalue weighted by atomic mass is 32.1. The first-order valence-corrected chi connectivity index (χ1v) is 10.5. The van der Waals surface area contributed by atoms with Gasteiger partial charge in [0, 0.05) is 24.3 Å². The molecule has 3 aromatic rings. The smallest absolute Gasteiger partial charge is 0.270 e. The second kappa shape index (κ2) is 8.86. The van der Waals surface area contributed by atoms with Crippen LogP contribution in [0.4, 0.5) is 10.8 Å². The topological polar surface area (TPSA) is 104 Å². The lowest BCUT2D eigenvalue weighted by Gasteiger charge is -2.23. The number of thiazole rings is 1. The third-order valence-corrected chi connectivity index (χ3v) is 6.18. The van der Waals surface area contributed by atoms with Crippen LogP contribution >= 0.6 is 11.3 Å². The number of benzene rings is 2. The Hall–Kier alpha value is -3.24. The number of hydrogen-bond donors (Lipinski definition) is 0. The van der Waals surface area contributed by atoms with Crippen molar-refractivity contribution in [2.75, 3.05) is 32.3 Å². The van der Waals surface area contributed by atoms with Gasteiger partial charge in [-0.1, -0.05) is 17.4 Å². The molecule has 31 heavy (non-hydrogen) atoms. The zero-order valence-corrected chi connectivity index (χ0v) is 17.9. The number of methoxy groups -OCH3 is 2. The van der Waals surface area contributed by atoms with Crippen LogP contribution in [0.25, 0.3) is 10.2 Å². The average molecular weight is 443 g/mol. The van der Waals surface area contributed by atoms with Crippen molar-refractivity contribution in [3.05, 3.63) is 52.1 Å². The Balaban J connectivity index is 1.79. The highest BCUT2D eigenvalue weighted by Crippen LogP contribution is 2.40. The van der Waals surface area contributed by atoms with Crippen LogP contribution in [0.2, 0.25) is 0 Å². The molecule has 0 N–H and O–H groups in total. The second-order valence-electron chi connectivity index (χ2n) is 7.00. The fraction of sp³-hybridized carbons (Fsp3) is 0.333. The number of non-ortho nitro benzene ring substituents is 1. The van der Waals surface area contributed by atoms with E-state index in [9.17, 15) is 14.9 Å². The quantitative estimate of drug-likeness (QED) is 0.401. The second-order valence-corrected chi connectivity index (χ2v) is 7.98. The van der Waals surface area contributed by atoms with E-state index in [1.54, 1.807) is 32.4 Å². The highest BCUT2D eigenvalue weighted by Gasteiger charge is 2.29. The lowest BCUT2D eigenvalue weighted by molar-refractivity contribution is -0.384. The zero-order valence-electron chi connectivity index (χ0n) is 17.1. The van der Waals surface area contributed by atoms with Gasteiger partial charge >= 0.3 is 0 Å². The van der Waals surface area contributed by atoms with Gasteiger partial charge in [-0.05, 0) is 31.0 Å². The van der Waals surface area contributed by atoms with E-state index in [1.807, 2.05) is 0 Å². The molecule has 2 heterocycles. The molecule has 1 aromatic heterocycles. The molecule has 0 aliphatic carbocycles. The summed E-state index contributed by atoms with van der Waals surface area (Å²) in [6, 6.07) is 9.24. The van der Waals surface area contributed by atoms with Crippen LogP contribution in [0.15, 0.2) is 36.4 Å². The van der Waals surface area contributed by atoms with Gasteiger partial charge in [-0.2, -0.15) is 0 Å². The molecule has 162 valence electrons. The maximum Gasteiger partial charge on any atom is 0.270 e. The molecule has 0 radical (unpaired) electrons. The van der Waals surface area contributed by atoms with E-state index >= 15 is 0 Å². The van der Waals surface area contributed by atoms with Crippen molar-refractivity contribution in [2.45, 2.75) is 18.9 Å². The van der Waals surface area contributed by atoms with E-state index in [0.29, 0.717) is 35.3 Å². The number of hydrogen-bond acceptors (Lipinski definition) is 8. The van der Waals surface area contributed by atoms with Crippen LogP contribution in [-0.4, -0.2) is 49.3 Å². The number of nitro benzene ring substituents is 1. The van der Waals surface area contributed by atoms with Crippen molar-refractivity contribution in [3.8, 4) is 11.5 Å². The monoisotopic (exact) mass is 443 g/mol. The first-order chi connectivity index (χ1) is 15.0. The van der Waals surface area contributed by atoms with E-state index in [2.05, 4.69) is 4.98 Å². The molecule has 4 rings (SSSR count). The van der Waals surface area contributed by atoms with Crippen LogP contribution in [-0.2, 0) is 4.74 Å². The first kappa shape index (κ1) is 21.0. The summed E-state index contributed by atoms with van der Waals surface area (Å²) in [6.45, 7) is 0.941. The first-order valence-electron chi connectivity index (χ1n) is 9.71. The van der Waals surface area contributed by atoms with Gasteiger partial charge in [0.15, 0.2) is 5.13 Å². The standard InChI is InChI=1S/C21H21N3O6S/c1-28-16-8-9-17(29-2)19-18(16)22-21(31-19)23(12-15-7-4-10-30-15)20(25)13-5-3-6-14(11-13)24(26)27/h3,5-6,8-9,11,15H,4,7,10,12H2,1-2H3. The molecular weight excluding hydrogens is 422 g/mol. The molecule has 1 amide bonds. The molecule has 0 saturated carbocycles. The lowest BCUT2D eigenvalue weighted by Crippen LogP contribution is -2.37. The van der Waals surface area contributed by atoms with Crippen molar-refractivity contribution in [3.63, 3.8) is 0 Å². The summed E-state index contributed by atoms with van der Waals surface area (Å²) in [5.74, 6) is 0.814. The van der Waals surface area contributed by atoms with Gasteiger partial charge < -0.3 is 14.2 Å². The summed E-state index contributed by atoms with van der Waals surface area (Å²) in [7, 11) is 3.12. The predicted octanol–water partition coefficient (Wildman–Crippen LogP) is 4.05. The van der Waals surface area contributed by atoms with Crippen LogP contribution in [0.5, 0.6) is 11.5 Å². The number of carbonyl (C=O) groups excluding carboxylic acids is 1. The number of rotatable bonds is 7. The summed E-state index contributed by atoms with van der Waals surface area (Å²) in [4.78, 5) is 30.3. The van der Waals surface area contributed by atoms with Gasteiger partial charge in [0.25, 0.3) is 11.6 Å². The number of fused-ring (bicyclic) bond motifs is 1. The third kappa shape index (κ3) is 4.17. The number of ether oxygens (including phenoxy) is 3. The SMILES string of the molecule is COc1ccc(OC)c2sc(N(CC3CCCO3)C(=O)c3cccc([N+](=O)[O-])c3)nc12. The Morgan fingerprint density at radius 3 is 2.74 bits per heavy atom. The Kier molecular flexibility index (Phi) is 6.01. The molecule has 9 nitrogen and oxygen atoms in total. The molecule has 1 atom stereocenters. The minimum absolute atomic E-state index is 0.126. The minimum Gasteiger partial charge on any atom is -0.495 e. The van der Waals surface area contributed by atoms with Crippen LogP contribution in [0, 0.1) is 10.1 Å². The molecule has 1 aliphatic rings. The van der Waals surface area contributed by atoms with Crippen molar-refractivity contribution < 1.29 is 23.9 Å². The minimum atomic E-state index is -0.519. The summed E-state index contributed by atoms with van der Waals surface area (Å²) in [5, 5.41) is 11.6. The molecule has 10 heteroatoms. The van der Waals surface area contributed by atoms with E-state index < -0.39 is 4.92 Å². The fourth-order valence-electron chi connectivity index (χ4n) is 3.54. The third-order valence-electron chi connectivity index (χ3n) is 5.09. The maximum atomic E-state index is 13.4. The van der Waals surface area contributed by atoms with Gasteiger partial charge in [-0.25, -0.2) is 4.98 Å². The molecular formula is C21H21N3O6S. The van der Waals surface area contributed by atoms with Gasteiger partial charge in [0.2, 0.25) is 0 Å². The molecule has 1 aliphatic heterocycles. The molecule has 0 bridgehead atoms. The summed E-state index contributed by atoms with van der Waals surface area (Å²) >= 11 is 1.30. The largest absolute Gasteiger partial charge is 0.495 e. The van der Waals surface area contributed by atoms with E-state index in [-0.39, 0.29) is 23.3 Å². The van der Waals surface area contributed by atoms with E-state index in [1.165, 1.54) is 34.4 Å². The number of nitrogens with zero attached hydrogens (tertiary/aromatic N) is 3. The normalized spacial score (nSPS) is 15.7. The van der Waals surface area contributed by atoms with Crippen molar-refractivity contribution in [1.82, 2.24) is 4.98 Å². The zero-order chi connectivity index (χ0) is 22.0. The van der Waals surface area contributed by atoms with Crippen LogP contribution in [0.1, 0.15) is 23.2 Å². The highest BCUT2D eigenvalue weighted by molar-refractivity contribution is 7.22.